The van der Waals surface area contributed by atoms with Crippen LogP contribution in [0.3, 0.4) is 0 Å². The van der Waals surface area contributed by atoms with Crippen LogP contribution in [-0.2, 0) is 11.3 Å². The molecule has 0 unspecified atom stereocenters. The fourth-order valence-electron chi connectivity index (χ4n) is 2.21. The summed E-state index contributed by atoms with van der Waals surface area (Å²) in [6, 6.07) is 5.97. The number of rotatable bonds is 3. The van der Waals surface area contributed by atoms with Gasteiger partial charge in [-0.05, 0) is 34.1 Å². The van der Waals surface area contributed by atoms with Gasteiger partial charge in [-0.1, -0.05) is 0 Å². The lowest BCUT2D eigenvalue weighted by molar-refractivity contribution is 0.0272. The van der Waals surface area contributed by atoms with Crippen molar-refractivity contribution in [2.45, 2.75) is 12.6 Å². The van der Waals surface area contributed by atoms with Gasteiger partial charge >= 0.3 is 0 Å². The van der Waals surface area contributed by atoms with Crippen LogP contribution in [-0.4, -0.2) is 40.6 Å². The van der Waals surface area contributed by atoms with Crippen LogP contribution in [0.25, 0.3) is 0 Å². The lowest BCUT2D eigenvalue weighted by Gasteiger charge is -2.33. The van der Waals surface area contributed by atoms with E-state index >= 15 is 0 Å². The third-order valence-electron chi connectivity index (χ3n) is 3.12. The highest BCUT2D eigenvalue weighted by molar-refractivity contribution is 9.10. The van der Waals surface area contributed by atoms with Crippen molar-refractivity contribution in [3.05, 3.63) is 41.3 Å². The van der Waals surface area contributed by atoms with Crippen molar-refractivity contribution < 1.29 is 4.74 Å². The minimum absolute atomic E-state index is 0.152. The van der Waals surface area contributed by atoms with Crippen LogP contribution in [0.4, 0.5) is 5.82 Å². The van der Waals surface area contributed by atoms with Crippen LogP contribution in [0.2, 0.25) is 0 Å². The topological polar surface area (TPSA) is 43.2 Å². The zero-order valence-electron chi connectivity index (χ0n) is 10.4. The first-order valence-corrected chi connectivity index (χ1v) is 7.06. The van der Waals surface area contributed by atoms with Gasteiger partial charge in [0.1, 0.15) is 5.82 Å². The standard InChI is InChI=1S/C13H15BrN4O/c14-11-2-3-13(15-8-11)17-6-7-19-12(9-17)10-18-5-1-4-16-18/h1-5,8,12H,6-7,9-10H2/t12-/m1/s1. The molecule has 0 N–H and O–H groups in total. The maximum Gasteiger partial charge on any atom is 0.128 e. The van der Waals surface area contributed by atoms with Gasteiger partial charge in [0, 0.05) is 36.2 Å². The van der Waals surface area contributed by atoms with E-state index in [1.54, 1.807) is 6.20 Å². The van der Waals surface area contributed by atoms with Gasteiger partial charge in [-0.2, -0.15) is 5.10 Å². The number of morpholine rings is 1. The number of nitrogens with zero attached hydrogens (tertiary/aromatic N) is 4. The zero-order valence-corrected chi connectivity index (χ0v) is 12.0. The van der Waals surface area contributed by atoms with E-state index in [9.17, 15) is 0 Å². The third kappa shape index (κ3) is 3.13. The van der Waals surface area contributed by atoms with Gasteiger partial charge in [0.25, 0.3) is 0 Å². The molecule has 6 heteroatoms. The third-order valence-corrected chi connectivity index (χ3v) is 3.59. The van der Waals surface area contributed by atoms with Crippen molar-refractivity contribution >= 4 is 21.7 Å². The highest BCUT2D eigenvalue weighted by Crippen LogP contribution is 2.18. The number of halogens is 1. The number of pyridine rings is 1. The normalized spacial score (nSPS) is 19.6. The first kappa shape index (κ1) is 12.6. The van der Waals surface area contributed by atoms with Crippen LogP contribution < -0.4 is 4.90 Å². The summed E-state index contributed by atoms with van der Waals surface area (Å²) in [4.78, 5) is 6.69. The molecule has 0 aromatic carbocycles. The number of hydrogen-bond donors (Lipinski definition) is 0. The molecule has 0 bridgehead atoms. The van der Waals surface area contributed by atoms with Crippen molar-refractivity contribution in [3.63, 3.8) is 0 Å². The second kappa shape index (κ2) is 5.71. The van der Waals surface area contributed by atoms with Crippen molar-refractivity contribution in [1.29, 1.82) is 0 Å². The van der Waals surface area contributed by atoms with Crippen LogP contribution >= 0.6 is 15.9 Å². The summed E-state index contributed by atoms with van der Waals surface area (Å²) in [5.41, 5.74) is 0. The molecule has 0 saturated carbocycles. The highest BCUT2D eigenvalue weighted by atomic mass is 79.9. The van der Waals surface area contributed by atoms with Crippen LogP contribution in [0.15, 0.2) is 41.3 Å². The molecule has 1 atom stereocenters. The molecule has 5 nitrogen and oxygen atoms in total. The lowest BCUT2D eigenvalue weighted by atomic mass is 10.2. The van der Waals surface area contributed by atoms with Crippen LogP contribution in [0.5, 0.6) is 0 Å². The van der Waals surface area contributed by atoms with E-state index in [1.807, 2.05) is 35.3 Å². The summed E-state index contributed by atoms with van der Waals surface area (Å²) in [7, 11) is 0. The Labute approximate surface area is 120 Å². The first-order chi connectivity index (χ1) is 9.31. The van der Waals surface area contributed by atoms with Gasteiger partial charge in [-0.15, -0.1) is 0 Å². The Hall–Kier alpha value is -1.40. The Morgan fingerprint density at radius 1 is 1.42 bits per heavy atom. The molecule has 1 aliphatic heterocycles. The van der Waals surface area contributed by atoms with Gasteiger partial charge in [-0.25, -0.2) is 4.98 Å². The summed E-state index contributed by atoms with van der Waals surface area (Å²) in [6.45, 7) is 3.22. The van der Waals surface area contributed by atoms with Crippen molar-refractivity contribution in [2.75, 3.05) is 24.6 Å². The zero-order chi connectivity index (χ0) is 13.1. The quantitative estimate of drug-likeness (QED) is 0.866. The predicted octanol–water partition coefficient (Wildman–Crippen LogP) is 1.95. The minimum Gasteiger partial charge on any atom is -0.373 e. The van der Waals surface area contributed by atoms with Crippen molar-refractivity contribution in [3.8, 4) is 0 Å². The maximum atomic E-state index is 5.79. The molecule has 0 radical (unpaired) electrons. The molecule has 0 aliphatic carbocycles. The Morgan fingerprint density at radius 3 is 3.11 bits per heavy atom. The molecule has 0 spiro atoms. The summed E-state index contributed by atoms with van der Waals surface area (Å²) in [5.74, 6) is 0.997. The van der Waals surface area contributed by atoms with Gasteiger partial charge < -0.3 is 9.64 Å². The monoisotopic (exact) mass is 322 g/mol. The van der Waals surface area contributed by atoms with Gasteiger partial charge in [0.05, 0.1) is 19.3 Å². The molecule has 1 aliphatic rings. The summed E-state index contributed by atoms with van der Waals surface area (Å²) in [6.07, 6.45) is 5.73. The predicted molar refractivity (Wildman–Crippen MR) is 76.1 cm³/mol. The molecule has 19 heavy (non-hydrogen) atoms. The summed E-state index contributed by atoms with van der Waals surface area (Å²) in [5, 5.41) is 4.22. The van der Waals surface area contributed by atoms with E-state index < -0.39 is 0 Å². The molecule has 0 amide bonds. The molecular formula is C13H15BrN4O. The Kier molecular flexibility index (Phi) is 3.79. The Balaban J connectivity index is 1.66. The van der Waals surface area contributed by atoms with E-state index in [2.05, 4.69) is 30.9 Å². The number of ether oxygens (including phenoxy) is 1. The fraction of sp³-hybridized carbons (Fsp3) is 0.385. The van der Waals surface area contributed by atoms with Crippen molar-refractivity contribution in [1.82, 2.24) is 14.8 Å². The summed E-state index contributed by atoms with van der Waals surface area (Å²) >= 11 is 3.40. The van der Waals surface area contributed by atoms with E-state index in [0.29, 0.717) is 0 Å². The highest BCUT2D eigenvalue weighted by Gasteiger charge is 2.21. The molecule has 1 saturated heterocycles. The SMILES string of the molecule is Brc1ccc(N2CCO[C@@H](Cn3cccn3)C2)nc1. The molecular weight excluding hydrogens is 308 g/mol. The van der Waals surface area contributed by atoms with Crippen LogP contribution in [0, 0.1) is 0 Å². The Bertz CT molecular complexity index is 514. The number of hydrogen-bond acceptors (Lipinski definition) is 4. The molecule has 100 valence electrons. The van der Waals surface area contributed by atoms with Crippen LogP contribution in [0.1, 0.15) is 0 Å². The van der Waals surface area contributed by atoms with E-state index in [4.69, 9.17) is 4.74 Å². The molecule has 1 fully saturated rings. The number of aromatic nitrogens is 3. The van der Waals surface area contributed by atoms with E-state index in [1.165, 1.54) is 0 Å². The molecule has 3 heterocycles. The smallest absolute Gasteiger partial charge is 0.128 e. The van der Waals surface area contributed by atoms with Gasteiger partial charge in [0.15, 0.2) is 0 Å². The average Bonchev–Trinajstić information content (AvgIpc) is 2.93. The lowest BCUT2D eigenvalue weighted by Crippen LogP contribution is -2.44. The number of anilines is 1. The molecule has 2 aromatic rings. The van der Waals surface area contributed by atoms with Crippen molar-refractivity contribution in [2.24, 2.45) is 0 Å². The van der Waals surface area contributed by atoms with E-state index in [0.717, 1.165) is 36.5 Å². The second-order valence-electron chi connectivity index (χ2n) is 4.50. The van der Waals surface area contributed by atoms with E-state index in [-0.39, 0.29) is 6.10 Å². The molecule has 2 aromatic heterocycles. The molecule has 3 rings (SSSR count). The Morgan fingerprint density at radius 2 is 2.37 bits per heavy atom. The second-order valence-corrected chi connectivity index (χ2v) is 5.42. The maximum absolute atomic E-state index is 5.79. The average molecular weight is 323 g/mol. The van der Waals surface area contributed by atoms with Gasteiger partial charge in [0.2, 0.25) is 0 Å². The largest absolute Gasteiger partial charge is 0.373 e. The van der Waals surface area contributed by atoms with Gasteiger partial charge in [-0.3, -0.25) is 4.68 Å². The minimum atomic E-state index is 0.152. The first-order valence-electron chi connectivity index (χ1n) is 6.27. The fourth-order valence-corrected chi connectivity index (χ4v) is 2.44. The summed E-state index contributed by atoms with van der Waals surface area (Å²) < 4.78 is 8.69.